The number of hydrogen-bond acceptors (Lipinski definition) is 5. The second-order valence-electron chi connectivity index (χ2n) is 4.29. The molecule has 0 saturated carbocycles. The second kappa shape index (κ2) is 6.52. The summed E-state index contributed by atoms with van der Waals surface area (Å²) in [6.07, 6.45) is -0.281. The Morgan fingerprint density at radius 1 is 1.39 bits per heavy atom. The first kappa shape index (κ1) is 13.8. The predicted octanol–water partition coefficient (Wildman–Crippen LogP) is 3.17. The van der Waals surface area contributed by atoms with Crippen molar-refractivity contribution in [3.63, 3.8) is 0 Å². The average Bonchev–Trinajstić information content (AvgIpc) is 2.76. The van der Waals surface area contributed by atoms with Crippen molar-refractivity contribution in [2.45, 2.75) is 30.4 Å². The molecule has 0 bridgehead atoms. The number of thiazole rings is 1. The fourth-order valence-corrected chi connectivity index (χ4v) is 3.43. The SMILES string of the molecule is CC(C)OC[C@@H](O)CSc1nc2ccccc2s1. The normalized spacial score (nSPS) is 13.3. The van der Waals surface area contributed by atoms with Gasteiger partial charge < -0.3 is 9.84 Å². The molecule has 0 aliphatic rings. The van der Waals surface area contributed by atoms with Crippen LogP contribution in [0.15, 0.2) is 28.6 Å². The van der Waals surface area contributed by atoms with Gasteiger partial charge in [0.2, 0.25) is 0 Å². The fraction of sp³-hybridized carbons (Fsp3) is 0.462. The maximum absolute atomic E-state index is 9.77. The van der Waals surface area contributed by atoms with Crippen LogP contribution in [-0.4, -0.2) is 34.7 Å². The lowest BCUT2D eigenvalue weighted by Gasteiger charge is -2.12. The molecular formula is C13H17NO2S2. The highest BCUT2D eigenvalue weighted by Gasteiger charge is 2.09. The summed E-state index contributed by atoms with van der Waals surface area (Å²) in [6, 6.07) is 8.08. The summed E-state index contributed by atoms with van der Waals surface area (Å²) in [4.78, 5) is 4.51. The summed E-state index contributed by atoms with van der Waals surface area (Å²) in [6.45, 7) is 4.32. The first-order valence-electron chi connectivity index (χ1n) is 5.93. The minimum atomic E-state index is -0.440. The largest absolute Gasteiger partial charge is 0.390 e. The molecule has 0 fully saturated rings. The van der Waals surface area contributed by atoms with Crippen LogP contribution in [-0.2, 0) is 4.74 Å². The average molecular weight is 283 g/mol. The number of nitrogens with zero attached hydrogens (tertiary/aromatic N) is 1. The summed E-state index contributed by atoms with van der Waals surface area (Å²) >= 11 is 3.25. The number of ether oxygens (including phenoxy) is 1. The minimum absolute atomic E-state index is 0.159. The third-order valence-corrected chi connectivity index (χ3v) is 4.62. The molecule has 2 aromatic rings. The second-order valence-corrected chi connectivity index (χ2v) is 6.59. The van der Waals surface area contributed by atoms with Gasteiger partial charge in [-0.1, -0.05) is 23.9 Å². The lowest BCUT2D eigenvalue weighted by atomic mass is 10.3. The molecule has 98 valence electrons. The molecule has 1 aromatic carbocycles. The van der Waals surface area contributed by atoms with Crippen LogP contribution in [0.1, 0.15) is 13.8 Å². The van der Waals surface area contributed by atoms with Gasteiger partial charge in [-0.25, -0.2) is 4.98 Å². The van der Waals surface area contributed by atoms with Gasteiger partial charge in [-0.2, -0.15) is 0 Å². The number of thioether (sulfide) groups is 1. The highest BCUT2D eigenvalue weighted by atomic mass is 32.2. The van der Waals surface area contributed by atoms with Crippen molar-refractivity contribution < 1.29 is 9.84 Å². The zero-order valence-corrected chi connectivity index (χ0v) is 12.1. The summed E-state index contributed by atoms with van der Waals surface area (Å²) in [5, 5.41) is 9.77. The number of rotatable bonds is 6. The quantitative estimate of drug-likeness (QED) is 0.827. The molecule has 1 atom stereocenters. The number of para-hydroxylation sites is 1. The molecule has 1 heterocycles. The number of benzene rings is 1. The van der Waals surface area contributed by atoms with Gasteiger partial charge in [0.15, 0.2) is 4.34 Å². The summed E-state index contributed by atoms with van der Waals surface area (Å²) in [5.74, 6) is 0.618. The van der Waals surface area contributed by atoms with Gasteiger partial charge in [0.05, 0.1) is 29.0 Å². The van der Waals surface area contributed by atoms with Gasteiger partial charge in [-0.05, 0) is 26.0 Å². The molecule has 18 heavy (non-hydrogen) atoms. The zero-order valence-electron chi connectivity index (χ0n) is 10.5. The van der Waals surface area contributed by atoms with Crippen molar-refractivity contribution in [2.24, 2.45) is 0 Å². The van der Waals surface area contributed by atoms with E-state index >= 15 is 0 Å². The van der Waals surface area contributed by atoms with Crippen molar-refractivity contribution in [2.75, 3.05) is 12.4 Å². The molecule has 0 aliphatic carbocycles. The molecule has 3 nitrogen and oxygen atoms in total. The molecular weight excluding hydrogens is 266 g/mol. The van der Waals surface area contributed by atoms with Crippen LogP contribution in [0.5, 0.6) is 0 Å². The van der Waals surface area contributed by atoms with E-state index in [0.717, 1.165) is 9.86 Å². The van der Waals surface area contributed by atoms with Crippen molar-refractivity contribution in [3.05, 3.63) is 24.3 Å². The lowest BCUT2D eigenvalue weighted by Crippen LogP contribution is -2.20. The van der Waals surface area contributed by atoms with E-state index in [4.69, 9.17) is 4.74 Å². The van der Waals surface area contributed by atoms with E-state index in [0.29, 0.717) is 12.4 Å². The van der Waals surface area contributed by atoms with E-state index in [1.807, 2.05) is 32.0 Å². The molecule has 1 aromatic heterocycles. The van der Waals surface area contributed by atoms with E-state index in [2.05, 4.69) is 11.1 Å². The standard InChI is InChI=1S/C13H17NO2S2/c1-9(2)16-7-10(15)8-17-13-14-11-5-3-4-6-12(11)18-13/h3-6,9-10,15H,7-8H2,1-2H3/t10-/m1/s1. The van der Waals surface area contributed by atoms with Gasteiger partial charge in [-0.3, -0.25) is 0 Å². The molecule has 0 radical (unpaired) electrons. The maximum atomic E-state index is 9.77. The van der Waals surface area contributed by atoms with Crippen molar-refractivity contribution in [1.82, 2.24) is 4.98 Å². The Hall–Kier alpha value is -0.620. The fourth-order valence-electron chi connectivity index (χ4n) is 1.43. The predicted molar refractivity (Wildman–Crippen MR) is 77.4 cm³/mol. The van der Waals surface area contributed by atoms with Crippen LogP contribution >= 0.6 is 23.1 Å². The van der Waals surface area contributed by atoms with Crippen LogP contribution in [0.2, 0.25) is 0 Å². The Morgan fingerprint density at radius 2 is 2.17 bits per heavy atom. The van der Waals surface area contributed by atoms with Crippen molar-refractivity contribution in [3.8, 4) is 0 Å². The highest BCUT2D eigenvalue weighted by molar-refractivity contribution is 8.01. The van der Waals surface area contributed by atoms with Crippen LogP contribution in [0.3, 0.4) is 0 Å². The minimum Gasteiger partial charge on any atom is -0.390 e. The van der Waals surface area contributed by atoms with E-state index in [1.165, 1.54) is 4.70 Å². The van der Waals surface area contributed by atoms with Crippen LogP contribution < -0.4 is 0 Å². The number of fused-ring (bicyclic) bond motifs is 1. The highest BCUT2D eigenvalue weighted by Crippen LogP contribution is 2.29. The maximum Gasteiger partial charge on any atom is 0.151 e. The molecule has 0 unspecified atom stereocenters. The van der Waals surface area contributed by atoms with Crippen molar-refractivity contribution in [1.29, 1.82) is 0 Å². The number of aromatic nitrogens is 1. The van der Waals surface area contributed by atoms with E-state index in [-0.39, 0.29) is 6.10 Å². The van der Waals surface area contributed by atoms with Crippen LogP contribution in [0, 0.1) is 0 Å². The topological polar surface area (TPSA) is 42.4 Å². The molecule has 0 saturated heterocycles. The van der Waals surface area contributed by atoms with E-state index in [9.17, 15) is 5.11 Å². The van der Waals surface area contributed by atoms with Gasteiger partial charge >= 0.3 is 0 Å². The molecule has 0 spiro atoms. The molecule has 1 N–H and O–H groups in total. The van der Waals surface area contributed by atoms with E-state index in [1.54, 1.807) is 23.1 Å². The Kier molecular flexibility index (Phi) is 5.00. The number of aliphatic hydroxyl groups excluding tert-OH is 1. The summed E-state index contributed by atoms with van der Waals surface area (Å²) in [7, 11) is 0. The first-order chi connectivity index (χ1) is 8.65. The molecule has 5 heteroatoms. The Bertz CT molecular complexity index is 465. The third kappa shape index (κ3) is 3.95. The van der Waals surface area contributed by atoms with E-state index < -0.39 is 6.10 Å². The van der Waals surface area contributed by atoms with Crippen LogP contribution in [0.4, 0.5) is 0 Å². The number of aliphatic hydroxyl groups is 1. The molecule has 2 rings (SSSR count). The lowest BCUT2D eigenvalue weighted by molar-refractivity contribution is 0.0152. The monoisotopic (exact) mass is 283 g/mol. The van der Waals surface area contributed by atoms with Gasteiger partial charge in [0.25, 0.3) is 0 Å². The summed E-state index contributed by atoms with van der Waals surface area (Å²) in [5.41, 5.74) is 1.03. The Balaban J connectivity index is 1.86. The smallest absolute Gasteiger partial charge is 0.151 e. The van der Waals surface area contributed by atoms with Gasteiger partial charge in [0.1, 0.15) is 0 Å². The van der Waals surface area contributed by atoms with Crippen molar-refractivity contribution >= 4 is 33.3 Å². The molecule has 0 aliphatic heterocycles. The third-order valence-electron chi connectivity index (χ3n) is 2.30. The van der Waals surface area contributed by atoms with Gasteiger partial charge in [-0.15, -0.1) is 11.3 Å². The Morgan fingerprint density at radius 3 is 2.89 bits per heavy atom. The number of hydrogen-bond donors (Lipinski definition) is 1. The zero-order chi connectivity index (χ0) is 13.0. The molecule has 0 amide bonds. The first-order valence-corrected chi connectivity index (χ1v) is 7.73. The van der Waals surface area contributed by atoms with Crippen LogP contribution in [0.25, 0.3) is 10.2 Å². The summed E-state index contributed by atoms with van der Waals surface area (Å²) < 4.78 is 7.56. The Labute approximate surface area is 115 Å². The van der Waals surface area contributed by atoms with Gasteiger partial charge in [0, 0.05) is 5.75 Å².